The number of fused-ring (bicyclic) bond motifs is 1. The van der Waals surface area contributed by atoms with Gasteiger partial charge >= 0.3 is 0 Å². The van der Waals surface area contributed by atoms with Crippen LogP contribution in [0.1, 0.15) is 79.7 Å². The highest BCUT2D eigenvalue weighted by atomic mass is 28.9. The molecule has 0 bridgehead atoms. The van der Waals surface area contributed by atoms with E-state index in [0.29, 0.717) is 8.57 Å². The Morgan fingerprint density at radius 1 is 0.268 bits per heavy atom. The fraction of sp³-hybridized carbons (Fsp3) is 0.818. The second-order valence-electron chi connectivity index (χ2n) is 43.0. The van der Waals surface area contributed by atoms with Crippen molar-refractivity contribution in [3.05, 3.63) is 57.6 Å². The maximum atomic E-state index is 3.24. The molecule has 2 atom stereocenters. The van der Waals surface area contributed by atoms with Gasteiger partial charge in [-0.3, -0.25) is 0 Å². The summed E-state index contributed by atoms with van der Waals surface area (Å²) >= 11 is 0. The molecule has 2 aromatic rings. The van der Waals surface area contributed by atoms with E-state index in [0.717, 1.165) is 31.7 Å². The number of hydrogen-bond donors (Lipinski definition) is 0. The van der Waals surface area contributed by atoms with Crippen LogP contribution in [-0.4, -0.2) is 129 Å². The molecule has 2 aliphatic rings. The lowest BCUT2D eigenvalue weighted by Gasteiger charge is -2.60. The largest absolute Gasteiger partial charge is 0.0693 e. The molecule has 4 rings (SSSR count). The van der Waals surface area contributed by atoms with Gasteiger partial charge in [0, 0.05) is 129 Å². The van der Waals surface area contributed by atoms with Crippen molar-refractivity contribution in [2.75, 3.05) is 0 Å². The van der Waals surface area contributed by atoms with Gasteiger partial charge < -0.3 is 0 Å². The van der Waals surface area contributed by atoms with Gasteiger partial charge in [0.25, 0.3) is 0 Å². The summed E-state index contributed by atoms with van der Waals surface area (Å²) in [6, 6.07) is 13.0. The van der Waals surface area contributed by atoms with Crippen molar-refractivity contribution in [1.82, 2.24) is 0 Å². The van der Waals surface area contributed by atoms with Gasteiger partial charge in [-0.2, -0.15) is 0 Å². The van der Waals surface area contributed by atoms with E-state index < -0.39 is 129 Å². The van der Waals surface area contributed by atoms with Gasteiger partial charge in [-0.15, -0.1) is 0 Å². The fourth-order valence-corrected chi connectivity index (χ4v) is 150. The normalized spacial score (nSPS) is 19.0. The Morgan fingerprint density at radius 2 is 0.415 bits per heavy atom. The Kier molecular flexibility index (Phi) is 21.9. The van der Waals surface area contributed by atoms with Crippen LogP contribution in [0.25, 0.3) is 0 Å². The molecule has 82 heavy (non-hydrogen) atoms. The molecule has 0 N–H and O–H groups in total. The van der Waals surface area contributed by atoms with Crippen LogP contribution in [0.3, 0.4) is 0 Å². The molecule has 1 aliphatic carbocycles. The second-order valence-corrected chi connectivity index (χ2v) is 130. The topological polar surface area (TPSA) is 0 Å². The van der Waals surface area contributed by atoms with E-state index in [1.165, 1.54) is 25.7 Å². The van der Waals surface area contributed by atoms with E-state index in [9.17, 15) is 0 Å². The molecule has 0 aromatic heterocycles. The average Bonchev–Trinajstić information content (AvgIpc) is 3.09. The van der Waals surface area contributed by atoms with Crippen LogP contribution in [0.15, 0.2) is 24.3 Å². The lowest BCUT2D eigenvalue weighted by atomic mass is 9.99. The molecule has 0 spiro atoms. The third-order valence-corrected chi connectivity index (χ3v) is 112. The minimum absolute atomic E-state index is 0.343. The fourth-order valence-electron chi connectivity index (χ4n) is 24.4. The SMILES string of the molecule is C[Si](C)(C)C(c1cc(C([Si](C)(C)C)([Si](C)(C)C)[Si](C)(C)C)cc(C([Si](C)(C)C)[Si](C)(C)C)c1[Si]1=[Si](c2c(C([Si](C)(C)C)[Si](C)(C)C)cc(C([Si](C)(C)C)([Si](C)(C)C)[Si](C)(C)C)cc2C([Si](C)(C)C)[Si](C)(C)C)[C@H]2CCCC[C@H]21)[Si](C)(C)C. The maximum Gasteiger partial charge on any atom is 0.0499 e. The second kappa shape index (κ2) is 23.5. The third kappa shape index (κ3) is 14.1. The van der Waals surface area contributed by atoms with Gasteiger partial charge in [-0.05, 0) is 96.9 Å². The minimum Gasteiger partial charge on any atom is -0.0693 e. The van der Waals surface area contributed by atoms with Gasteiger partial charge in [0.05, 0.1) is 0 Å². The van der Waals surface area contributed by atoms with Crippen molar-refractivity contribution in [3.63, 3.8) is 0 Å². The molecule has 0 radical (unpaired) electrons. The standard InChI is InChI=1S/C66H144Si16/c1-69(2,3)61(70(4,5)6)53-47-51(65(77(25,26)27,78(28,29)30)79(31,32)33)48-54(62(71(7,8)9)72(10,11)12)59(53)67-57-45-43-44-46-58(57)68(67)60-55(63(73(13,14)15)74(16,17)18)49-52(50-56(60)64(75(19,20)21)76(22,23)24)66(80(34,35)36,81(37,38)39)82(40,41)42/h47-50,57-58,61-64H,43-46H2,1-42H3/t57-,58+. The molecule has 472 valence electrons. The molecule has 1 heterocycles. The van der Waals surface area contributed by atoms with Gasteiger partial charge in [0.1, 0.15) is 0 Å². The maximum absolute atomic E-state index is 3.24. The first-order valence-electron chi connectivity index (χ1n) is 33.8. The summed E-state index contributed by atoms with van der Waals surface area (Å²) in [4.78, 5) is 0. The molecule has 0 saturated heterocycles. The predicted octanol–water partition coefficient (Wildman–Crippen LogP) is 22.3. The predicted molar refractivity (Wildman–Crippen MR) is 431 cm³/mol. The van der Waals surface area contributed by atoms with Gasteiger partial charge in [-0.1, -0.05) is 312 Å². The van der Waals surface area contributed by atoms with Crippen molar-refractivity contribution in [1.29, 1.82) is 0 Å². The van der Waals surface area contributed by atoms with Crippen molar-refractivity contribution >= 4 is 139 Å². The molecule has 0 amide bonds. The molecule has 1 aliphatic heterocycles. The zero-order chi connectivity index (χ0) is 64.9. The van der Waals surface area contributed by atoms with Gasteiger partial charge in [-0.25, -0.2) is 0 Å². The summed E-state index contributed by atoms with van der Waals surface area (Å²) in [7, 11) is -27.7. The van der Waals surface area contributed by atoms with Crippen molar-refractivity contribution in [3.8, 4) is 0 Å². The van der Waals surface area contributed by atoms with E-state index in [4.69, 9.17) is 0 Å². The first-order valence-corrected chi connectivity index (χ1v) is 87.5. The first kappa shape index (κ1) is 76.4. The highest BCUT2D eigenvalue weighted by molar-refractivity contribution is 7.18. The molecule has 0 nitrogen and oxygen atoms in total. The summed E-state index contributed by atoms with van der Waals surface area (Å²) in [5.74, 6) is 0. The van der Waals surface area contributed by atoms with Crippen LogP contribution in [0.5, 0.6) is 0 Å². The van der Waals surface area contributed by atoms with Crippen molar-refractivity contribution < 1.29 is 0 Å². The lowest BCUT2D eigenvalue weighted by Crippen LogP contribution is -2.75. The van der Waals surface area contributed by atoms with Gasteiger partial charge in [0.15, 0.2) is 0 Å². The zero-order valence-corrected chi connectivity index (χ0v) is 79.6. The highest BCUT2D eigenvalue weighted by Crippen LogP contribution is 2.57. The molecule has 1 fully saturated rings. The monoisotopic (exact) mass is 1380 g/mol. The number of rotatable bonds is 22. The summed E-state index contributed by atoms with van der Waals surface area (Å²) in [6.45, 7) is 120. The van der Waals surface area contributed by atoms with Crippen LogP contribution < -0.4 is 10.4 Å². The average molecular weight is 1390 g/mol. The van der Waals surface area contributed by atoms with Crippen molar-refractivity contribution in [2.45, 2.75) is 341 Å². The van der Waals surface area contributed by atoms with E-state index in [-0.39, 0.29) is 0 Å². The lowest BCUT2D eigenvalue weighted by molar-refractivity contribution is 0.488. The summed E-state index contributed by atoms with van der Waals surface area (Å²) in [5.41, 5.74) is 13.8. The molecular formula is C66H144Si16. The van der Waals surface area contributed by atoms with E-state index in [2.05, 4.69) is 310 Å². The minimum atomic E-state index is -1.85. The van der Waals surface area contributed by atoms with E-state index in [1.807, 2.05) is 33.4 Å². The van der Waals surface area contributed by atoms with Crippen LogP contribution in [0.2, 0.25) is 286 Å². The van der Waals surface area contributed by atoms with E-state index >= 15 is 0 Å². The Morgan fingerprint density at radius 3 is 0.537 bits per heavy atom. The Balaban J connectivity index is 2.89. The van der Waals surface area contributed by atoms with Crippen molar-refractivity contribution in [2.24, 2.45) is 0 Å². The third-order valence-electron chi connectivity index (χ3n) is 21.5. The zero-order valence-electron chi connectivity index (χ0n) is 63.6. The molecular weight excluding hydrogens is 1240 g/mol. The summed E-state index contributed by atoms with van der Waals surface area (Å²) < 4.78 is 0.686. The highest BCUT2D eigenvalue weighted by Gasteiger charge is 2.64. The number of hydrogen-bond acceptors (Lipinski definition) is 0. The summed E-state index contributed by atoms with van der Waals surface area (Å²) in [5, 5.41) is 7.30. The van der Waals surface area contributed by atoms with Crippen LogP contribution in [0, 0.1) is 0 Å². The Hall–Kier alpha value is 1.91. The smallest absolute Gasteiger partial charge is 0.0499 e. The van der Waals surface area contributed by atoms with Gasteiger partial charge in [0.2, 0.25) is 0 Å². The molecule has 16 heteroatoms. The van der Waals surface area contributed by atoms with Crippen LogP contribution in [-0.2, 0) is 8.57 Å². The Bertz CT molecular complexity index is 2230. The molecule has 0 unspecified atom stereocenters. The number of benzene rings is 2. The van der Waals surface area contributed by atoms with Crippen LogP contribution >= 0.6 is 0 Å². The molecule has 2 aromatic carbocycles. The molecule has 1 saturated carbocycles. The summed E-state index contributed by atoms with van der Waals surface area (Å²) in [6.07, 6.45) is 5.96. The quantitative estimate of drug-likeness (QED) is 0.103. The first-order chi connectivity index (χ1) is 35.6. The van der Waals surface area contributed by atoms with Crippen LogP contribution in [0.4, 0.5) is 0 Å². The van der Waals surface area contributed by atoms with E-state index in [1.54, 1.807) is 0 Å². The Labute approximate surface area is 532 Å².